The van der Waals surface area contributed by atoms with Crippen molar-refractivity contribution in [3.8, 4) is 0 Å². The van der Waals surface area contributed by atoms with Crippen molar-refractivity contribution in [2.24, 2.45) is 11.7 Å². The molecule has 0 spiro atoms. The number of aromatic nitrogens is 1. The standard InChI is InChI=1S/C19H20N4O3S/c20-17(25)15-12-21-19(27-15)22-18(26)14-8-10-23(11-9-14)16(24)7-6-13-4-2-1-3-5-13/h1-7,12,14H,8-11H2,(H2,20,25)(H,21,22,26)/b7-6+. The highest BCUT2D eigenvalue weighted by atomic mass is 32.1. The second kappa shape index (κ2) is 8.59. The highest BCUT2D eigenvalue weighted by molar-refractivity contribution is 7.17. The normalized spacial score (nSPS) is 15.0. The first-order valence-electron chi connectivity index (χ1n) is 8.61. The van der Waals surface area contributed by atoms with Crippen LogP contribution in [0.1, 0.15) is 28.1 Å². The highest BCUT2D eigenvalue weighted by Gasteiger charge is 2.27. The van der Waals surface area contributed by atoms with Gasteiger partial charge >= 0.3 is 0 Å². The molecule has 1 aliphatic heterocycles. The molecule has 7 nitrogen and oxygen atoms in total. The summed E-state index contributed by atoms with van der Waals surface area (Å²) in [5.74, 6) is -0.951. The number of carbonyl (C=O) groups is 3. The fourth-order valence-corrected chi connectivity index (χ4v) is 3.52. The number of likely N-dealkylation sites (tertiary alicyclic amines) is 1. The molecule has 0 atom stereocenters. The van der Waals surface area contributed by atoms with Gasteiger partial charge < -0.3 is 16.0 Å². The third-order valence-electron chi connectivity index (χ3n) is 4.37. The maximum atomic E-state index is 12.4. The molecule has 0 radical (unpaired) electrons. The Labute approximate surface area is 160 Å². The molecule has 2 aromatic rings. The lowest BCUT2D eigenvalue weighted by atomic mass is 9.96. The molecule has 0 bridgehead atoms. The third-order valence-corrected chi connectivity index (χ3v) is 5.30. The zero-order valence-corrected chi connectivity index (χ0v) is 15.4. The number of thiazole rings is 1. The number of nitrogens with zero attached hydrogens (tertiary/aromatic N) is 2. The molecule has 1 aliphatic rings. The molecule has 0 aliphatic carbocycles. The van der Waals surface area contributed by atoms with E-state index in [2.05, 4.69) is 10.3 Å². The number of rotatable bonds is 5. The first-order chi connectivity index (χ1) is 13.0. The van der Waals surface area contributed by atoms with Crippen LogP contribution in [-0.2, 0) is 9.59 Å². The number of amides is 3. The third kappa shape index (κ3) is 5.01. The SMILES string of the molecule is NC(=O)c1cnc(NC(=O)C2CCN(C(=O)/C=C/c3ccccc3)CC2)s1. The number of anilines is 1. The Balaban J connectivity index is 1.49. The lowest BCUT2D eigenvalue weighted by molar-refractivity contribution is -0.130. The first kappa shape index (κ1) is 18.8. The van der Waals surface area contributed by atoms with Gasteiger partial charge in [0.2, 0.25) is 11.8 Å². The molecule has 1 saturated heterocycles. The molecular formula is C19H20N4O3S. The van der Waals surface area contributed by atoms with Crippen LogP contribution in [0.5, 0.6) is 0 Å². The van der Waals surface area contributed by atoms with E-state index in [-0.39, 0.29) is 17.7 Å². The summed E-state index contributed by atoms with van der Waals surface area (Å²) in [6.07, 6.45) is 5.88. The Bertz CT molecular complexity index is 855. The van der Waals surface area contributed by atoms with Crippen LogP contribution in [0.15, 0.2) is 42.6 Å². The number of nitrogens with two attached hydrogens (primary N) is 1. The van der Waals surface area contributed by atoms with Crippen LogP contribution in [0, 0.1) is 5.92 Å². The van der Waals surface area contributed by atoms with Crippen LogP contribution in [0.2, 0.25) is 0 Å². The van der Waals surface area contributed by atoms with Crippen LogP contribution in [0.4, 0.5) is 5.13 Å². The van der Waals surface area contributed by atoms with E-state index in [9.17, 15) is 14.4 Å². The summed E-state index contributed by atoms with van der Waals surface area (Å²) >= 11 is 1.05. The topological polar surface area (TPSA) is 105 Å². The van der Waals surface area contributed by atoms with E-state index in [1.54, 1.807) is 17.1 Å². The highest BCUT2D eigenvalue weighted by Crippen LogP contribution is 2.22. The van der Waals surface area contributed by atoms with Gasteiger partial charge in [-0.25, -0.2) is 4.98 Å². The minimum Gasteiger partial charge on any atom is -0.365 e. The molecule has 27 heavy (non-hydrogen) atoms. The fourth-order valence-electron chi connectivity index (χ4n) is 2.85. The smallest absolute Gasteiger partial charge is 0.260 e. The second-order valence-electron chi connectivity index (χ2n) is 6.23. The van der Waals surface area contributed by atoms with Gasteiger partial charge in [-0.1, -0.05) is 41.7 Å². The number of primary amides is 1. The Morgan fingerprint density at radius 2 is 1.89 bits per heavy atom. The molecule has 0 unspecified atom stereocenters. The zero-order valence-electron chi connectivity index (χ0n) is 14.6. The van der Waals surface area contributed by atoms with E-state index in [4.69, 9.17) is 5.73 Å². The van der Waals surface area contributed by atoms with Crippen LogP contribution in [-0.4, -0.2) is 40.7 Å². The minimum atomic E-state index is -0.566. The van der Waals surface area contributed by atoms with Crippen molar-refractivity contribution >= 4 is 40.3 Å². The molecule has 0 saturated carbocycles. The molecule has 8 heteroatoms. The van der Waals surface area contributed by atoms with Gasteiger partial charge in [-0.05, 0) is 24.5 Å². The molecule has 3 rings (SSSR count). The maximum Gasteiger partial charge on any atom is 0.260 e. The van der Waals surface area contributed by atoms with Crippen molar-refractivity contribution in [1.29, 1.82) is 0 Å². The van der Waals surface area contributed by atoms with Crippen molar-refractivity contribution in [2.45, 2.75) is 12.8 Å². The molecule has 1 aromatic heterocycles. The number of hydrogen-bond acceptors (Lipinski definition) is 5. The number of piperidine rings is 1. The van der Waals surface area contributed by atoms with E-state index in [0.717, 1.165) is 16.9 Å². The van der Waals surface area contributed by atoms with Gasteiger partial charge in [0.05, 0.1) is 6.20 Å². The van der Waals surface area contributed by atoms with Crippen molar-refractivity contribution in [1.82, 2.24) is 9.88 Å². The summed E-state index contributed by atoms with van der Waals surface area (Å²) < 4.78 is 0. The maximum absolute atomic E-state index is 12.4. The predicted octanol–water partition coefficient (Wildman–Crippen LogP) is 2.13. The zero-order chi connectivity index (χ0) is 19.2. The van der Waals surface area contributed by atoms with Crippen LogP contribution >= 0.6 is 11.3 Å². The number of nitrogens with one attached hydrogen (secondary N) is 1. The monoisotopic (exact) mass is 384 g/mol. The molecule has 140 valence electrons. The number of hydrogen-bond donors (Lipinski definition) is 2. The first-order valence-corrected chi connectivity index (χ1v) is 9.43. The molecule has 3 N–H and O–H groups in total. The van der Waals surface area contributed by atoms with Gasteiger partial charge in [0.25, 0.3) is 5.91 Å². The summed E-state index contributed by atoms with van der Waals surface area (Å²) in [4.78, 5) is 41.8. The lowest BCUT2D eigenvalue weighted by Crippen LogP contribution is -2.40. The quantitative estimate of drug-likeness (QED) is 0.770. The average molecular weight is 384 g/mol. The van der Waals surface area contributed by atoms with E-state index in [0.29, 0.717) is 35.9 Å². The Morgan fingerprint density at radius 3 is 2.52 bits per heavy atom. The minimum absolute atomic E-state index is 0.0521. The van der Waals surface area contributed by atoms with Crippen molar-refractivity contribution < 1.29 is 14.4 Å². The summed E-state index contributed by atoms with van der Waals surface area (Å²) in [7, 11) is 0. The molecule has 3 amide bonds. The van der Waals surface area contributed by atoms with Gasteiger partial charge in [0, 0.05) is 25.1 Å². The Hall–Kier alpha value is -3.00. The van der Waals surface area contributed by atoms with E-state index >= 15 is 0 Å². The second-order valence-corrected chi connectivity index (χ2v) is 7.26. The Morgan fingerprint density at radius 1 is 1.19 bits per heavy atom. The van der Waals surface area contributed by atoms with E-state index in [1.807, 2.05) is 30.3 Å². The average Bonchev–Trinajstić information content (AvgIpc) is 3.16. The van der Waals surface area contributed by atoms with Crippen molar-refractivity contribution in [3.63, 3.8) is 0 Å². The summed E-state index contributed by atoms with van der Waals surface area (Å²) in [6.45, 7) is 1.06. The van der Waals surface area contributed by atoms with Crippen molar-refractivity contribution in [3.05, 3.63) is 53.0 Å². The van der Waals surface area contributed by atoms with Crippen molar-refractivity contribution in [2.75, 3.05) is 18.4 Å². The van der Waals surface area contributed by atoms with Gasteiger partial charge in [-0.3, -0.25) is 14.4 Å². The molecular weight excluding hydrogens is 364 g/mol. The van der Waals surface area contributed by atoms with Gasteiger partial charge in [-0.2, -0.15) is 0 Å². The van der Waals surface area contributed by atoms with Gasteiger partial charge in [0.1, 0.15) is 4.88 Å². The summed E-state index contributed by atoms with van der Waals surface area (Å²) in [6, 6.07) is 9.63. The van der Waals surface area contributed by atoms with E-state index in [1.165, 1.54) is 6.20 Å². The molecule has 2 heterocycles. The van der Waals surface area contributed by atoms with Crippen LogP contribution in [0.3, 0.4) is 0 Å². The van der Waals surface area contributed by atoms with Gasteiger partial charge in [0.15, 0.2) is 5.13 Å². The largest absolute Gasteiger partial charge is 0.365 e. The predicted molar refractivity (Wildman–Crippen MR) is 104 cm³/mol. The Kier molecular flexibility index (Phi) is 5.97. The van der Waals surface area contributed by atoms with Crippen LogP contribution in [0.25, 0.3) is 6.08 Å². The van der Waals surface area contributed by atoms with Crippen LogP contribution < -0.4 is 11.1 Å². The van der Waals surface area contributed by atoms with Gasteiger partial charge in [-0.15, -0.1) is 0 Å². The fraction of sp³-hybridized carbons (Fsp3) is 0.263. The number of benzene rings is 1. The number of carbonyl (C=O) groups excluding carboxylic acids is 3. The summed E-state index contributed by atoms with van der Waals surface area (Å²) in [5.41, 5.74) is 6.15. The lowest BCUT2D eigenvalue weighted by Gasteiger charge is -2.30. The molecule has 1 aromatic carbocycles. The molecule has 1 fully saturated rings. The van der Waals surface area contributed by atoms with E-state index < -0.39 is 5.91 Å². The summed E-state index contributed by atoms with van der Waals surface area (Å²) in [5, 5.41) is 3.08.